The van der Waals surface area contributed by atoms with E-state index in [1.165, 1.54) is 24.3 Å². The summed E-state index contributed by atoms with van der Waals surface area (Å²) in [4.78, 5) is 0. The lowest BCUT2D eigenvalue weighted by molar-refractivity contribution is 0.446. The highest BCUT2D eigenvalue weighted by Gasteiger charge is 2.04. The lowest BCUT2D eigenvalue weighted by Gasteiger charge is -2.08. The van der Waals surface area contributed by atoms with Gasteiger partial charge in [-0.15, -0.1) is 0 Å². The maximum Gasteiger partial charge on any atom is 0.160 e. The van der Waals surface area contributed by atoms with Gasteiger partial charge in [-0.2, -0.15) is 0 Å². The molecular formula is C13H11F2NO2. The molecule has 2 rings (SSSR count). The number of nitrogens with one attached hydrogen (secondary N) is 1. The van der Waals surface area contributed by atoms with Crippen molar-refractivity contribution in [3.05, 3.63) is 53.6 Å². The summed E-state index contributed by atoms with van der Waals surface area (Å²) in [7, 11) is 0. The molecule has 2 aromatic rings. The van der Waals surface area contributed by atoms with Crippen molar-refractivity contribution in [1.82, 2.24) is 0 Å². The molecule has 0 aliphatic carbocycles. The summed E-state index contributed by atoms with van der Waals surface area (Å²) in [6.45, 7) is 0.233. The fourth-order valence-electron chi connectivity index (χ4n) is 1.51. The van der Waals surface area contributed by atoms with Crippen molar-refractivity contribution in [3.8, 4) is 11.5 Å². The van der Waals surface area contributed by atoms with Crippen molar-refractivity contribution in [2.75, 3.05) is 5.32 Å². The predicted octanol–water partition coefficient (Wildman–Crippen LogP) is 2.99. The van der Waals surface area contributed by atoms with Gasteiger partial charge in [0.15, 0.2) is 11.6 Å². The Balaban J connectivity index is 2.09. The zero-order chi connectivity index (χ0) is 13.1. The van der Waals surface area contributed by atoms with E-state index in [4.69, 9.17) is 5.11 Å². The van der Waals surface area contributed by atoms with Gasteiger partial charge in [0.05, 0.1) is 0 Å². The average Bonchev–Trinajstić information content (AvgIpc) is 2.32. The van der Waals surface area contributed by atoms with Gasteiger partial charge >= 0.3 is 0 Å². The second-order valence-electron chi connectivity index (χ2n) is 3.80. The number of benzene rings is 2. The van der Waals surface area contributed by atoms with Crippen LogP contribution in [0.3, 0.4) is 0 Å². The molecule has 0 spiro atoms. The quantitative estimate of drug-likeness (QED) is 0.786. The zero-order valence-electron chi connectivity index (χ0n) is 9.32. The number of hydrogen-bond acceptors (Lipinski definition) is 3. The monoisotopic (exact) mass is 251 g/mol. The molecule has 2 aromatic carbocycles. The third-order valence-corrected chi connectivity index (χ3v) is 2.47. The van der Waals surface area contributed by atoms with Gasteiger partial charge in [-0.3, -0.25) is 0 Å². The van der Waals surface area contributed by atoms with Gasteiger partial charge in [-0.25, -0.2) is 8.78 Å². The first-order chi connectivity index (χ1) is 8.56. The van der Waals surface area contributed by atoms with Crippen LogP contribution in [0.15, 0.2) is 36.4 Å². The Morgan fingerprint density at radius 3 is 2.39 bits per heavy atom. The molecule has 0 radical (unpaired) electrons. The van der Waals surface area contributed by atoms with Gasteiger partial charge in [-0.05, 0) is 24.3 Å². The van der Waals surface area contributed by atoms with Crippen LogP contribution in [0.4, 0.5) is 14.5 Å². The molecule has 0 aromatic heterocycles. The summed E-state index contributed by atoms with van der Waals surface area (Å²) in [5.41, 5.74) is 0.943. The highest BCUT2D eigenvalue weighted by molar-refractivity contribution is 5.46. The summed E-state index contributed by atoms with van der Waals surface area (Å²) >= 11 is 0. The van der Waals surface area contributed by atoms with E-state index in [0.29, 0.717) is 11.3 Å². The van der Waals surface area contributed by atoms with Crippen molar-refractivity contribution in [3.63, 3.8) is 0 Å². The van der Waals surface area contributed by atoms with Crippen LogP contribution in [0.25, 0.3) is 0 Å². The third kappa shape index (κ3) is 2.68. The smallest absolute Gasteiger partial charge is 0.160 e. The maximum absolute atomic E-state index is 12.9. The van der Waals surface area contributed by atoms with Gasteiger partial charge < -0.3 is 15.5 Å². The maximum atomic E-state index is 12.9. The summed E-state index contributed by atoms with van der Waals surface area (Å²) in [5, 5.41) is 21.5. The van der Waals surface area contributed by atoms with E-state index in [0.717, 1.165) is 12.1 Å². The average molecular weight is 251 g/mol. The second-order valence-corrected chi connectivity index (χ2v) is 3.80. The second kappa shape index (κ2) is 4.91. The minimum absolute atomic E-state index is 0.0379. The topological polar surface area (TPSA) is 52.5 Å². The lowest BCUT2D eigenvalue weighted by Crippen LogP contribution is -2.00. The first-order valence-electron chi connectivity index (χ1n) is 5.26. The first kappa shape index (κ1) is 12.2. The van der Waals surface area contributed by atoms with Crippen LogP contribution in [0.2, 0.25) is 0 Å². The number of halogens is 2. The van der Waals surface area contributed by atoms with Crippen LogP contribution >= 0.6 is 0 Å². The molecule has 0 unspecified atom stereocenters. The molecule has 0 amide bonds. The molecule has 0 fully saturated rings. The van der Waals surface area contributed by atoms with Crippen LogP contribution in [0.5, 0.6) is 11.5 Å². The van der Waals surface area contributed by atoms with E-state index in [2.05, 4.69) is 5.32 Å². The molecule has 94 valence electrons. The van der Waals surface area contributed by atoms with Crippen LogP contribution in [0, 0.1) is 11.6 Å². The fraction of sp³-hybridized carbons (Fsp3) is 0.0769. The SMILES string of the molecule is Oc1ccc(CNc2ccc(F)c(F)c2)c(O)c1. The third-order valence-electron chi connectivity index (χ3n) is 2.47. The highest BCUT2D eigenvalue weighted by atomic mass is 19.2. The van der Waals surface area contributed by atoms with Gasteiger partial charge in [0.25, 0.3) is 0 Å². The van der Waals surface area contributed by atoms with Crippen LogP contribution in [-0.4, -0.2) is 10.2 Å². The molecular weight excluding hydrogens is 240 g/mol. The van der Waals surface area contributed by atoms with Crippen molar-refractivity contribution < 1.29 is 19.0 Å². The minimum Gasteiger partial charge on any atom is -0.508 e. The largest absolute Gasteiger partial charge is 0.508 e. The number of anilines is 1. The van der Waals surface area contributed by atoms with Gasteiger partial charge in [0.2, 0.25) is 0 Å². The molecule has 5 heteroatoms. The molecule has 0 saturated heterocycles. The Hall–Kier alpha value is -2.30. The normalized spacial score (nSPS) is 10.3. The molecule has 0 heterocycles. The number of rotatable bonds is 3. The number of aromatic hydroxyl groups is 2. The molecule has 0 atom stereocenters. The summed E-state index contributed by atoms with van der Waals surface area (Å²) in [5.74, 6) is -1.95. The van der Waals surface area contributed by atoms with Crippen molar-refractivity contribution in [1.29, 1.82) is 0 Å². The first-order valence-corrected chi connectivity index (χ1v) is 5.26. The Kier molecular flexibility index (Phi) is 3.32. The molecule has 0 bridgehead atoms. The molecule has 18 heavy (non-hydrogen) atoms. The van der Waals surface area contributed by atoms with E-state index < -0.39 is 11.6 Å². The number of hydrogen-bond donors (Lipinski definition) is 3. The fourth-order valence-corrected chi connectivity index (χ4v) is 1.51. The van der Waals surface area contributed by atoms with Gasteiger partial charge in [-0.1, -0.05) is 0 Å². The van der Waals surface area contributed by atoms with Crippen LogP contribution < -0.4 is 5.32 Å². The minimum atomic E-state index is -0.935. The lowest BCUT2D eigenvalue weighted by atomic mass is 10.2. The predicted molar refractivity (Wildman–Crippen MR) is 63.5 cm³/mol. The van der Waals surface area contributed by atoms with Crippen LogP contribution in [-0.2, 0) is 6.54 Å². The molecule has 3 nitrogen and oxygen atoms in total. The number of phenols is 2. The Morgan fingerprint density at radius 2 is 1.72 bits per heavy atom. The molecule has 0 saturated carbocycles. The molecule has 0 aliphatic rings. The highest BCUT2D eigenvalue weighted by Crippen LogP contribution is 2.23. The van der Waals surface area contributed by atoms with Crippen molar-refractivity contribution >= 4 is 5.69 Å². The summed E-state index contributed by atoms with van der Waals surface area (Å²) in [6, 6.07) is 7.64. The Bertz CT molecular complexity index is 573. The molecule has 3 N–H and O–H groups in total. The standard InChI is InChI=1S/C13H11F2NO2/c14-11-4-2-9(5-12(11)15)16-7-8-1-3-10(17)6-13(8)18/h1-6,16-18H,7H2. The summed E-state index contributed by atoms with van der Waals surface area (Å²) < 4.78 is 25.6. The summed E-state index contributed by atoms with van der Waals surface area (Å²) in [6.07, 6.45) is 0. The van der Waals surface area contributed by atoms with Gasteiger partial charge in [0.1, 0.15) is 11.5 Å². The van der Waals surface area contributed by atoms with Crippen LogP contribution in [0.1, 0.15) is 5.56 Å². The van der Waals surface area contributed by atoms with Crippen molar-refractivity contribution in [2.45, 2.75) is 6.54 Å². The Morgan fingerprint density at radius 1 is 0.944 bits per heavy atom. The van der Waals surface area contributed by atoms with E-state index in [1.54, 1.807) is 0 Å². The number of phenolic OH excluding ortho intramolecular Hbond substituents is 2. The van der Waals surface area contributed by atoms with Gasteiger partial charge in [0, 0.05) is 29.9 Å². The van der Waals surface area contributed by atoms with E-state index in [9.17, 15) is 13.9 Å². The molecule has 0 aliphatic heterocycles. The Labute approximate surface area is 102 Å². The van der Waals surface area contributed by atoms with E-state index in [1.807, 2.05) is 0 Å². The van der Waals surface area contributed by atoms with E-state index in [-0.39, 0.29) is 18.0 Å². The van der Waals surface area contributed by atoms with E-state index >= 15 is 0 Å². The zero-order valence-corrected chi connectivity index (χ0v) is 9.32. The van der Waals surface area contributed by atoms with Crippen molar-refractivity contribution in [2.24, 2.45) is 0 Å².